The van der Waals surface area contributed by atoms with Gasteiger partial charge in [0.05, 0.1) is 5.75 Å². The summed E-state index contributed by atoms with van der Waals surface area (Å²) in [4.78, 5) is 24.1. The van der Waals surface area contributed by atoms with E-state index in [2.05, 4.69) is 36.8 Å². The van der Waals surface area contributed by atoms with Gasteiger partial charge in [0.15, 0.2) is 17.3 Å². The minimum absolute atomic E-state index is 0.0696. The van der Waals surface area contributed by atoms with Crippen LogP contribution >= 0.6 is 27.7 Å². The number of ether oxygens (including phenoxy) is 2. The number of thioether (sulfide) groups is 1. The van der Waals surface area contributed by atoms with Gasteiger partial charge in [0, 0.05) is 21.8 Å². The molecule has 0 spiro atoms. The smallest absolute Gasteiger partial charge is 0.325 e. The largest absolute Gasteiger partial charge is 0.454 e. The lowest BCUT2D eigenvalue weighted by Crippen LogP contribution is -2.35. The molecule has 2 aromatic carbocycles. The first-order chi connectivity index (χ1) is 14.5. The number of benzene rings is 2. The number of hydrogen-bond donors (Lipinski definition) is 3. The molecule has 30 heavy (non-hydrogen) atoms. The van der Waals surface area contributed by atoms with Crippen LogP contribution in [0.25, 0.3) is 11.4 Å². The number of carbonyl (C=O) groups is 2. The summed E-state index contributed by atoms with van der Waals surface area (Å²) in [5.74, 6) is 7.05. The van der Waals surface area contributed by atoms with E-state index < -0.39 is 11.9 Å². The number of amides is 3. The van der Waals surface area contributed by atoms with Gasteiger partial charge in [-0.05, 0) is 24.3 Å². The summed E-state index contributed by atoms with van der Waals surface area (Å²) in [6.45, 7) is 0.134. The molecule has 1 aromatic heterocycles. The highest BCUT2D eigenvalue weighted by Gasteiger charge is 2.17. The Hall–Kier alpha value is -3.25. The number of anilines is 1. The lowest BCUT2D eigenvalue weighted by molar-refractivity contribution is -0.117. The Bertz CT molecular complexity index is 1120. The Labute approximate surface area is 183 Å². The first kappa shape index (κ1) is 20.0. The van der Waals surface area contributed by atoms with Gasteiger partial charge in [-0.3, -0.25) is 10.1 Å². The Morgan fingerprint density at radius 1 is 1.17 bits per heavy atom. The first-order valence-electron chi connectivity index (χ1n) is 8.60. The van der Waals surface area contributed by atoms with Gasteiger partial charge in [-0.25, -0.2) is 9.47 Å². The molecule has 0 atom stereocenters. The number of rotatable bonds is 5. The van der Waals surface area contributed by atoms with E-state index >= 15 is 0 Å². The normalized spacial score (nSPS) is 11.9. The van der Waals surface area contributed by atoms with E-state index in [0.717, 1.165) is 21.8 Å². The number of urea groups is 1. The van der Waals surface area contributed by atoms with Gasteiger partial charge in [-0.1, -0.05) is 39.8 Å². The summed E-state index contributed by atoms with van der Waals surface area (Å²) in [5.41, 5.74) is 1.24. The van der Waals surface area contributed by atoms with Gasteiger partial charge < -0.3 is 20.6 Å². The fourth-order valence-electron chi connectivity index (χ4n) is 2.63. The Balaban J connectivity index is 1.32. The summed E-state index contributed by atoms with van der Waals surface area (Å²) >= 11 is 4.50. The zero-order valence-corrected chi connectivity index (χ0v) is 17.7. The van der Waals surface area contributed by atoms with E-state index in [9.17, 15) is 9.59 Å². The van der Waals surface area contributed by atoms with Gasteiger partial charge in [-0.15, -0.1) is 10.2 Å². The summed E-state index contributed by atoms with van der Waals surface area (Å²) in [5, 5.41) is 13.2. The molecule has 0 saturated heterocycles. The van der Waals surface area contributed by atoms with Crippen molar-refractivity contribution < 1.29 is 19.1 Å². The molecular formula is C18H15BrN6O4S. The van der Waals surface area contributed by atoms with Gasteiger partial charge in [0.1, 0.15) is 0 Å². The second-order valence-corrected chi connectivity index (χ2v) is 7.81. The molecule has 0 fully saturated rings. The van der Waals surface area contributed by atoms with Crippen LogP contribution in [0.2, 0.25) is 0 Å². The molecule has 12 heteroatoms. The van der Waals surface area contributed by atoms with Crippen molar-refractivity contribution in [3.8, 4) is 22.9 Å². The van der Waals surface area contributed by atoms with Crippen molar-refractivity contribution in [2.24, 2.45) is 0 Å². The highest BCUT2D eigenvalue weighted by molar-refractivity contribution is 9.10. The van der Waals surface area contributed by atoms with Crippen molar-refractivity contribution >= 4 is 45.3 Å². The van der Waals surface area contributed by atoms with Crippen LogP contribution in [-0.4, -0.2) is 39.4 Å². The number of fused-ring (bicyclic) bond motifs is 1. The quantitative estimate of drug-likeness (QED) is 0.367. The SMILES string of the molecule is Nn1c(SCC(=O)NC(=O)Nc2ccc3c(c2)OCO3)nnc1-c1ccccc1Br. The standard InChI is InChI=1S/C18H15BrN6O4S/c19-12-4-2-1-3-11(12)16-23-24-18(25(16)20)30-8-15(26)22-17(27)21-10-5-6-13-14(7-10)29-9-28-13/h1-7H,8-9,20H2,(H2,21,22,26,27). The maximum absolute atomic E-state index is 12.1. The van der Waals surface area contributed by atoms with Crippen LogP contribution in [0.1, 0.15) is 0 Å². The average Bonchev–Trinajstić information content (AvgIpc) is 3.33. The monoisotopic (exact) mass is 490 g/mol. The maximum atomic E-state index is 12.1. The zero-order valence-electron chi connectivity index (χ0n) is 15.3. The van der Waals surface area contributed by atoms with Crippen LogP contribution in [0.15, 0.2) is 52.1 Å². The molecule has 1 aliphatic rings. The maximum Gasteiger partial charge on any atom is 0.325 e. The van der Waals surface area contributed by atoms with Crippen molar-refractivity contribution in [1.82, 2.24) is 20.2 Å². The van der Waals surface area contributed by atoms with E-state index in [-0.39, 0.29) is 12.5 Å². The molecule has 0 radical (unpaired) electrons. The highest BCUT2D eigenvalue weighted by atomic mass is 79.9. The van der Waals surface area contributed by atoms with Gasteiger partial charge in [0.25, 0.3) is 0 Å². The van der Waals surface area contributed by atoms with E-state index in [1.165, 1.54) is 4.68 Å². The molecule has 2 heterocycles. The molecule has 10 nitrogen and oxygen atoms in total. The van der Waals surface area contributed by atoms with Crippen LogP contribution in [-0.2, 0) is 4.79 Å². The molecule has 0 aliphatic carbocycles. The zero-order chi connectivity index (χ0) is 21.1. The minimum Gasteiger partial charge on any atom is -0.454 e. The third-order valence-electron chi connectivity index (χ3n) is 4.00. The summed E-state index contributed by atoms with van der Waals surface area (Å²) in [6.07, 6.45) is 0. The predicted octanol–water partition coefficient (Wildman–Crippen LogP) is 2.59. The molecule has 154 valence electrons. The number of aromatic nitrogens is 3. The van der Waals surface area contributed by atoms with E-state index in [1.807, 2.05) is 24.3 Å². The lowest BCUT2D eigenvalue weighted by atomic mass is 10.2. The number of halogens is 1. The number of nitrogen functional groups attached to an aromatic ring is 1. The first-order valence-corrected chi connectivity index (χ1v) is 10.4. The van der Waals surface area contributed by atoms with Crippen molar-refractivity contribution in [3.05, 3.63) is 46.9 Å². The second-order valence-electron chi connectivity index (χ2n) is 6.02. The summed E-state index contributed by atoms with van der Waals surface area (Å²) in [7, 11) is 0. The van der Waals surface area contributed by atoms with E-state index in [1.54, 1.807) is 18.2 Å². The Kier molecular flexibility index (Phi) is 5.77. The molecular weight excluding hydrogens is 476 g/mol. The van der Waals surface area contributed by atoms with E-state index in [0.29, 0.717) is 28.2 Å². The molecule has 1 aliphatic heterocycles. The number of imide groups is 1. The third-order valence-corrected chi connectivity index (χ3v) is 5.63. The van der Waals surface area contributed by atoms with Crippen LogP contribution in [0.4, 0.5) is 10.5 Å². The van der Waals surface area contributed by atoms with Crippen LogP contribution in [0.3, 0.4) is 0 Å². The molecule has 3 aromatic rings. The van der Waals surface area contributed by atoms with Crippen molar-refractivity contribution in [2.75, 3.05) is 23.7 Å². The molecule has 0 unspecified atom stereocenters. The predicted molar refractivity (Wildman–Crippen MR) is 114 cm³/mol. The molecule has 3 amide bonds. The van der Waals surface area contributed by atoms with Gasteiger partial charge in [-0.2, -0.15) is 0 Å². The molecule has 4 rings (SSSR count). The van der Waals surface area contributed by atoms with Crippen LogP contribution in [0.5, 0.6) is 11.5 Å². The highest BCUT2D eigenvalue weighted by Crippen LogP contribution is 2.34. The van der Waals surface area contributed by atoms with Gasteiger partial charge in [0.2, 0.25) is 17.9 Å². The second kappa shape index (κ2) is 8.63. The molecule has 4 N–H and O–H groups in total. The van der Waals surface area contributed by atoms with Crippen LogP contribution in [0, 0.1) is 0 Å². The summed E-state index contributed by atoms with van der Waals surface area (Å²) < 4.78 is 12.6. The van der Waals surface area contributed by atoms with Crippen LogP contribution < -0.4 is 25.9 Å². The molecule has 0 bridgehead atoms. The topological polar surface area (TPSA) is 133 Å². The number of carbonyl (C=O) groups excluding carboxylic acids is 2. The fourth-order valence-corrected chi connectivity index (χ4v) is 3.75. The Morgan fingerprint density at radius 3 is 2.80 bits per heavy atom. The molecule has 0 saturated carbocycles. The third kappa shape index (κ3) is 4.33. The minimum atomic E-state index is -0.664. The van der Waals surface area contributed by atoms with Crippen molar-refractivity contribution in [3.63, 3.8) is 0 Å². The average molecular weight is 491 g/mol. The fraction of sp³-hybridized carbons (Fsp3) is 0.111. The summed E-state index contributed by atoms with van der Waals surface area (Å²) in [6, 6.07) is 11.7. The van der Waals surface area contributed by atoms with E-state index in [4.69, 9.17) is 15.3 Å². The number of nitrogens with two attached hydrogens (primary N) is 1. The number of nitrogens with one attached hydrogen (secondary N) is 2. The number of hydrogen-bond acceptors (Lipinski definition) is 8. The number of nitrogens with zero attached hydrogens (tertiary/aromatic N) is 3. The lowest BCUT2D eigenvalue weighted by Gasteiger charge is -2.07. The van der Waals surface area contributed by atoms with Gasteiger partial charge >= 0.3 is 6.03 Å². The van der Waals surface area contributed by atoms with Crippen molar-refractivity contribution in [1.29, 1.82) is 0 Å². The van der Waals surface area contributed by atoms with Crippen molar-refractivity contribution in [2.45, 2.75) is 5.16 Å². The Morgan fingerprint density at radius 2 is 1.97 bits per heavy atom.